The number of nitrogens with one attached hydrogen (secondary N) is 1. The third-order valence-electron chi connectivity index (χ3n) is 3.08. The minimum absolute atomic E-state index is 0.0129. The highest BCUT2D eigenvalue weighted by molar-refractivity contribution is 9.11. The van der Waals surface area contributed by atoms with E-state index in [1.807, 2.05) is 13.0 Å². The Hall–Kier alpha value is -0.920. The Morgan fingerprint density at radius 2 is 1.90 bits per heavy atom. The summed E-state index contributed by atoms with van der Waals surface area (Å²) in [4.78, 5) is 0.750. The van der Waals surface area contributed by atoms with Crippen molar-refractivity contribution in [2.75, 3.05) is 7.05 Å². The monoisotopic (exact) mass is 381 g/mol. The molecule has 7 heteroatoms. The van der Waals surface area contributed by atoms with Crippen molar-refractivity contribution in [2.45, 2.75) is 19.1 Å². The molecule has 0 spiro atoms. The van der Waals surface area contributed by atoms with Crippen LogP contribution in [0, 0.1) is 12.7 Å². The van der Waals surface area contributed by atoms with Crippen molar-refractivity contribution in [3.05, 3.63) is 55.4 Å². The van der Waals surface area contributed by atoms with E-state index in [0.717, 1.165) is 32.4 Å². The Labute approximate surface area is 132 Å². The zero-order valence-corrected chi connectivity index (χ0v) is 13.6. The summed E-state index contributed by atoms with van der Waals surface area (Å²) in [5.74, 6) is -0.662. The molecule has 0 saturated heterocycles. The second kappa shape index (κ2) is 6.06. The van der Waals surface area contributed by atoms with Crippen LogP contribution in [0.5, 0.6) is 0 Å². The first-order valence-electron chi connectivity index (χ1n) is 6.03. The van der Waals surface area contributed by atoms with Crippen molar-refractivity contribution >= 4 is 27.3 Å². The summed E-state index contributed by atoms with van der Waals surface area (Å²) >= 11 is 4.74. The summed E-state index contributed by atoms with van der Waals surface area (Å²) in [5, 5.41) is 2.88. The molecule has 1 aromatic heterocycles. The first-order valence-corrected chi connectivity index (χ1v) is 7.64. The molecule has 2 rings (SSSR count). The average molecular weight is 382 g/mol. The summed E-state index contributed by atoms with van der Waals surface area (Å²) in [6.45, 7) is 1.87. The Balaban J connectivity index is 2.51. The minimum Gasteiger partial charge on any atom is -0.309 e. The number of hydrogen-bond donors (Lipinski definition) is 1. The van der Waals surface area contributed by atoms with Crippen molar-refractivity contribution < 1.29 is 17.6 Å². The van der Waals surface area contributed by atoms with Gasteiger partial charge in [-0.05, 0) is 59.7 Å². The van der Waals surface area contributed by atoms with Crippen LogP contribution in [-0.4, -0.2) is 7.05 Å². The molecule has 1 N–H and O–H groups in total. The topological polar surface area (TPSA) is 12.0 Å². The Morgan fingerprint density at radius 1 is 1.24 bits per heavy atom. The van der Waals surface area contributed by atoms with Gasteiger partial charge in [-0.2, -0.15) is 13.2 Å². The highest BCUT2D eigenvalue weighted by Crippen LogP contribution is 2.37. The predicted molar refractivity (Wildman–Crippen MR) is 79.1 cm³/mol. The van der Waals surface area contributed by atoms with Gasteiger partial charge in [0.1, 0.15) is 5.82 Å². The molecule has 114 valence electrons. The van der Waals surface area contributed by atoms with E-state index in [1.54, 1.807) is 7.05 Å². The smallest absolute Gasteiger partial charge is 0.309 e. The third kappa shape index (κ3) is 3.46. The van der Waals surface area contributed by atoms with Gasteiger partial charge in [0, 0.05) is 10.4 Å². The van der Waals surface area contributed by atoms with Crippen molar-refractivity contribution in [3.8, 4) is 0 Å². The average Bonchev–Trinajstić information content (AvgIpc) is 2.71. The summed E-state index contributed by atoms with van der Waals surface area (Å²) in [5.41, 5.74) is 0.0928. The van der Waals surface area contributed by atoms with Gasteiger partial charge in [0.2, 0.25) is 0 Å². The SMILES string of the molecule is CNC(c1cc(C)c(Br)s1)c1cc(C(F)(F)F)ccc1F. The van der Waals surface area contributed by atoms with E-state index in [9.17, 15) is 17.6 Å². The van der Waals surface area contributed by atoms with E-state index in [0.29, 0.717) is 0 Å². The largest absolute Gasteiger partial charge is 0.416 e. The van der Waals surface area contributed by atoms with Crippen molar-refractivity contribution in [3.63, 3.8) is 0 Å². The lowest BCUT2D eigenvalue weighted by atomic mass is 10.0. The highest BCUT2D eigenvalue weighted by Gasteiger charge is 2.32. The van der Waals surface area contributed by atoms with Gasteiger partial charge in [-0.25, -0.2) is 4.39 Å². The van der Waals surface area contributed by atoms with Gasteiger partial charge in [0.05, 0.1) is 15.4 Å². The lowest BCUT2D eigenvalue weighted by molar-refractivity contribution is -0.137. The minimum atomic E-state index is -4.49. The van der Waals surface area contributed by atoms with E-state index in [4.69, 9.17) is 0 Å². The fourth-order valence-corrected chi connectivity index (χ4v) is 3.72. The first kappa shape index (κ1) is 16.5. The molecular formula is C14H12BrF4NS. The number of aryl methyl sites for hydroxylation is 1. The van der Waals surface area contributed by atoms with Crippen molar-refractivity contribution in [1.82, 2.24) is 5.32 Å². The van der Waals surface area contributed by atoms with E-state index >= 15 is 0 Å². The summed E-state index contributed by atoms with van der Waals surface area (Å²) in [6.07, 6.45) is -4.49. The normalized spacial score (nSPS) is 13.5. The van der Waals surface area contributed by atoms with Crippen molar-refractivity contribution in [2.24, 2.45) is 0 Å². The predicted octanol–water partition coefficient (Wildman–Crippen LogP) is 5.29. The van der Waals surface area contributed by atoms with E-state index in [1.165, 1.54) is 11.3 Å². The van der Waals surface area contributed by atoms with Gasteiger partial charge < -0.3 is 5.32 Å². The van der Waals surface area contributed by atoms with E-state index in [-0.39, 0.29) is 5.56 Å². The molecule has 0 bridgehead atoms. The van der Waals surface area contributed by atoms with Crippen LogP contribution < -0.4 is 5.32 Å². The third-order valence-corrected chi connectivity index (χ3v) is 5.29. The van der Waals surface area contributed by atoms with Crippen LogP contribution in [0.4, 0.5) is 17.6 Å². The summed E-state index contributed by atoms with van der Waals surface area (Å²) < 4.78 is 53.2. The lowest BCUT2D eigenvalue weighted by Crippen LogP contribution is -2.19. The van der Waals surface area contributed by atoms with Gasteiger partial charge in [0.25, 0.3) is 0 Å². The molecule has 0 saturated carbocycles. The quantitative estimate of drug-likeness (QED) is 0.712. The van der Waals surface area contributed by atoms with Gasteiger partial charge >= 0.3 is 6.18 Å². The molecule has 1 heterocycles. The van der Waals surface area contributed by atoms with E-state index in [2.05, 4.69) is 21.2 Å². The molecule has 0 fully saturated rings. The molecule has 0 aliphatic rings. The van der Waals surface area contributed by atoms with Crippen LogP contribution in [-0.2, 0) is 6.18 Å². The Morgan fingerprint density at radius 3 is 2.38 bits per heavy atom. The van der Waals surface area contributed by atoms with Crippen LogP contribution in [0.1, 0.15) is 27.6 Å². The van der Waals surface area contributed by atoms with Crippen molar-refractivity contribution in [1.29, 1.82) is 0 Å². The molecule has 2 aromatic rings. The molecule has 0 aliphatic carbocycles. The van der Waals surface area contributed by atoms with Gasteiger partial charge in [-0.15, -0.1) is 11.3 Å². The number of benzene rings is 1. The zero-order chi connectivity index (χ0) is 15.8. The van der Waals surface area contributed by atoms with Gasteiger partial charge in [0.15, 0.2) is 0 Å². The molecule has 0 radical (unpaired) electrons. The van der Waals surface area contributed by atoms with E-state index < -0.39 is 23.6 Å². The van der Waals surface area contributed by atoms with Crippen LogP contribution >= 0.6 is 27.3 Å². The first-order chi connectivity index (χ1) is 9.74. The fourth-order valence-electron chi connectivity index (χ4n) is 2.02. The molecule has 1 atom stereocenters. The highest BCUT2D eigenvalue weighted by atomic mass is 79.9. The van der Waals surface area contributed by atoms with Crippen LogP contribution in [0.2, 0.25) is 0 Å². The number of rotatable bonds is 3. The molecule has 1 aromatic carbocycles. The number of hydrogen-bond acceptors (Lipinski definition) is 2. The maximum absolute atomic E-state index is 14.0. The molecule has 21 heavy (non-hydrogen) atoms. The summed E-state index contributed by atoms with van der Waals surface area (Å²) in [6, 6.07) is 3.68. The standard InChI is InChI=1S/C14H12BrF4NS/c1-7-5-11(21-13(7)15)12(20-2)9-6-8(14(17,18)19)3-4-10(9)16/h3-6,12,20H,1-2H3. The lowest BCUT2D eigenvalue weighted by Gasteiger charge is -2.18. The molecule has 0 amide bonds. The van der Waals surface area contributed by atoms with Gasteiger partial charge in [-0.1, -0.05) is 0 Å². The van der Waals surface area contributed by atoms with Crippen LogP contribution in [0.15, 0.2) is 28.1 Å². The van der Waals surface area contributed by atoms with Gasteiger partial charge in [-0.3, -0.25) is 0 Å². The summed E-state index contributed by atoms with van der Waals surface area (Å²) in [7, 11) is 1.59. The number of halogens is 5. The molecule has 1 unspecified atom stereocenters. The van der Waals surface area contributed by atoms with Crippen LogP contribution in [0.25, 0.3) is 0 Å². The molecule has 0 aliphatic heterocycles. The molecule has 1 nitrogen and oxygen atoms in total. The number of thiophene rings is 1. The second-order valence-electron chi connectivity index (χ2n) is 4.56. The Kier molecular flexibility index (Phi) is 4.75. The maximum Gasteiger partial charge on any atom is 0.416 e. The zero-order valence-electron chi connectivity index (χ0n) is 11.2. The number of alkyl halides is 3. The molecular weight excluding hydrogens is 370 g/mol. The second-order valence-corrected chi connectivity index (χ2v) is 6.96. The maximum atomic E-state index is 14.0. The fraction of sp³-hybridized carbons (Fsp3) is 0.286. The Bertz CT molecular complexity index is 631. The van der Waals surface area contributed by atoms with Crippen LogP contribution in [0.3, 0.4) is 0 Å².